The van der Waals surface area contributed by atoms with Crippen LogP contribution in [0.2, 0.25) is 0 Å². The zero-order valence-corrected chi connectivity index (χ0v) is 9.55. The Morgan fingerprint density at radius 2 is 1.93 bits per heavy atom. The van der Waals surface area contributed by atoms with E-state index in [1.165, 1.54) is 4.90 Å². The minimum absolute atomic E-state index is 0.0925. The van der Waals surface area contributed by atoms with Gasteiger partial charge in [0.15, 0.2) is 0 Å². The van der Waals surface area contributed by atoms with Gasteiger partial charge in [-0.1, -0.05) is 30.3 Å². The molecule has 0 heterocycles. The van der Waals surface area contributed by atoms with Crippen molar-refractivity contribution in [3.63, 3.8) is 0 Å². The summed E-state index contributed by atoms with van der Waals surface area (Å²) >= 11 is 0. The first-order chi connectivity index (χ1) is 6.59. The van der Waals surface area contributed by atoms with E-state index >= 15 is 0 Å². The van der Waals surface area contributed by atoms with Crippen LogP contribution in [-0.2, 0) is 0 Å². The molecule has 0 spiro atoms. The highest BCUT2D eigenvalue weighted by molar-refractivity contribution is 8.33. The van der Waals surface area contributed by atoms with E-state index in [1.54, 1.807) is 0 Å². The Balaban J connectivity index is 2.91. The van der Waals surface area contributed by atoms with Crippen LogP contribution >= 0.6 is 10.0 Å². The third kappa shape index (κ3) is 2.31. The Morgan fingerprint density at radius 1 is 1.36 bits per heavy atom. The van der Waals surface area contributed by atoms with Crippen molar-refractivity contribution < 1.29 is 0 Å². The number of hydrogen-bond donors (Lipinski definition) is 1. The van der Waals surface area contributed by atoms with Crippen LogP contribution < -0.4 is 5.73 Å². The molecule has 0 saturated carbocycles. The van der Waals surface area contributed by atoms with E-state index in [-0.39, 0.29) is 5.37 Å². The molecule has 2 heteroatoms. The Morgan fingerprint density at radius 3 is 2.43 bits per heavy atom. The van der Waals surface area contributed by atoms with Gasteiger partial charge in [-0.2, -0.15) is 0 Å². The number of hydrogen-bond acceptors (Lipinski definition) is 1. The van der Waals surface area contributed by atoms with Crippen LogP contribution in [0.25, 0.3) is 0 Å². The lowest BCUT2D eigenvalue weighted by atomic mass is 10.4. The molecular weight excluding hydrogens is 190 g/mol. The Bertz CT molecular complexity index is 324. The second-order valence-electron chi connectivity index (χ2n) is 3.67. The fourth-order valence-electron chi connectivity index (χ4n) is 1.27. The summed E-state index contributed by atoms with van der Waals surface area (Å²) in [5.74, 6) is 2.64. The van der Waals surface area contributed by atoms with Gasteiger partial charge in [0.2, 0.25) is 0 Å². The first kappa shape index (κ1) is 11.2. The second kappa shape index (κ2) is 4.54. The highest BCUT2D eigenvalue weighted by Gasteiger charge is 2.21. The molecule has 2 N–H and O–H groups in total. The molecular formula is C12H17NS. The summed E-state index contributed by atoms with van der Waals surface area (Å²) in [4.78, 5) is 1.32. The highest BCUT2D eigenvalue weighted by atomic mass is 32.3. The Kier molecular flexibility index (Phi) is 3.62. The molecule has 1 aromatic rings. The van der Waals surface area contributed by atoms with Crippen molar-refractivity contribution >= 4 is 10.0 Å². The van der Waals surface area contributed by atoms with Crippen molar-refractivity contribution in [2.45, 2.75) is 16.7 Å². The summed E-state index contributed by atoms with van der Waals surface area (Å²) in [7, 11) is -0.966. The minimum Gasteiger partial charge on any atom is -0.320 e. The standard InChI is InChI=1S/C12H17NS/c1-4-8-12(13)14(2,3)11-9-6-5-7-10-11/h1,5-7,9-10,12H,8,13H2,2-3H3. The van der Waals surface area contributed by atoms with Crippen LogP contribution in [0, 0.1) is 12.3 Å². The van der Waals surface area contributed by atoms with Gasteiger partial charge in [-0.25, -0.2) is 10.0 Å². The maximum absolute atomic E-state index is 6.09. The fraction of sp³-hybridized carbons (Fsp3) is 0.333. The first-order valence-electron chi connectivity index (χ1n) is 4.55. The average Bonchev–Trinajstić information content (AvgIpc) is 2.19. The largest absolute Gasteiger partial charge is 0.320 e. The zero-order valence-electron chi connectivity index (χ0n) is 8.73. The van der Waals surface area contributed by atoms with Gasteiger partial charge in [-0.3, -0.25) is 0 Å². The normalized spacial score (nSPS) is 14.4. The molecule has 0 radical (unpaired) electrons. The van der Waals surface area contributed by atoms with E-state index in [4.69, 9.17) is 12.2 Å². The molecule has 0 aromatic heterocycles. The van der Waals surface area contributed by atoms with Crippen LogP contribution in [0.1, 0.15) is 6.42 Å². The number of nitrogens with two attached hydrogens (primary N) is 1. The van der Waals surface area contributed by atoms with Crippen LogP contribution in [0.4, 0.5) is 0 Å². The van der Waals surface area contributed by atoms with Gasteiger partial charge >= 0.3 is 0 Å². The van der Waals surface area contributed by atoms with Crippen molar-refractivity contribution in [2.75, 3.05) is 12.5 Å². The summed E-state index contributed by atoms with van der Waals surface area (Å²) in [5.41, 5.74) is 6.09. The SMILES string of the molecule is C#CCC(N)S(C)(C)c1ccccc1. The molecule has 0 aliphatic carbocycles. The lowest BCUT2D eigenvalue weighted by Crippen LogP contribution is -2.26. The van der Waals surface area contributed by atoms with E-state index in [0.717, 1.165) is 0 Å². The second-order valence-corrected chi connectivity index (χ2v) is 7.55. The maximum Gasteiger partial charge on any atom is 0.0496 e. The fourth-order valence-corrected chi connectivity index (χ4v) is 2.99. The van der Waals surface area contributed by atoms with Gasteiger partial charge in [0.05, 0.1) is 0 Å². The molecule has 0 aliphatic heterocycles. The van der Waals surface area contributed by atoms with Crippen molar-refractivity contribution in [2.24, 2.45) is 5.73 Å². The number of rotatable bonds is 3. The minimum atomic E-state index is -0.966. The van der Waals surface area contributed by atoms with Gasteiger partial charge < -0.3 is 5.73 Å². The Labute approximate surface area is 88.0 Å². The molecule has 76 valence electrons. The van der Waals surface area contributed by atoms with Crippen LogP contribution in [0.3, 0.4) is 0 Å². The summed E-state index contributed by atoms with van der Waals surface area (Å²) in [6, 6.07) is 10.4. The molecule has 1 rings (SSSR count). The molecule has 1 atom stereocenters. The average molecular weight is 207 g/mol. The van der Waals surface area contributed by atoms with Gasteiger partial charge in [-0.05, 0) is 17.4 Å². The van der Waals surface area contributed by atoms with Gasteiger partial charge in [-0.15, -0.1) is 12.3 Å². The molecule has 0 amide bonds. The third-order valence-electron chi connectivity index (χ3n) is 2.43. The van der Waals surface area contributed by atoms with Crippen molar-refractivity contribution in [1.29, 1.82) is 0 Å². The lowest BCUT2D eigenvalue weighted by Gasteiger charge is -2.37. The molecule has 1 nitrogen and oxygen atoms in total. The van der Waals surface area contributed by atoms with Crippen molar-refractivity contribution in [3.05, 3.63) is 30.3 Å². The highest BCUT2D eigenvalue weighted by Crippen LogP contribution is 2.52. The number of terminal acetylenes is 1. The van der Waals surface area contributed by atoms with Crippen molar-refractivity contribution in [1.82, 2.24) is 0 Å². The zero-order chi connectivity index (χ0) is 10.6. The van der Waals surface area contributed by atoms with E-state index in [1.807, 2.05) is 18.2 Å². The quantitative estimate of drug-likeness (QED) is 0.757. The van der Waals surface area contributed by atoms with E-state index in [2.05, 4.69) is 30.6 Å². The van der Waals surface area contributed by atoms with Crippen LogP contribution in [-0.4, -0.2) is 17.9 Å². The first-order valence-corrected chi connectivity index (χ1v) is 7.06. The molecule has 0 saturated heterocycles. The molecule has 0 fully saturated rings. The molecule has 1 aromatic carbocycles. The Hall–Kier alpha value is -0.910. The molecule has 0 bridgehead atoms. The number of benzene rings is 1. The predicted molar refractivity (Wildman–Crippen MR) is 65.6 cm³/mol. The van der Waals surface area contributed by atoms with Crippen LogP contribution in [0.5, 0.6) is 0 Å². The van der Waals surface area contributed by atoms with Gasteiger partial charge in [0.25, 0.3) is 0 Å². The summed E-state index contributed by atoms with van der Waals surface area (Å²) < 4.78 is 0. The lowest BCUT2D eigenvalue weighted by molar-refractivity contribution is 0.938. The van der Waals surface area contributed by atoms with E-state index in [9.17, 15) is 0 Å². The van der Waals surface area contributed by atoms with Gasteiger partial charge in [0.1, 0.15) is 0 Å². The maximum atomic E-state index is 6.09. The molecule has 14 heavy (non-hydrogen) atoms. The molecule has 1 unspecified atom stereocenters. The van der Waals surface area contributed by atoms with Gasteiger partial charge in [0, 0.05) is 11.8 Å². The van der Waals surface area contributed by atoms with E-state index in [0.29, 0.717) is 6.42 Å². The topological polar surface area (TPSA) is 26.0 Å². The van der Waals surface area contributed by atoms with Crippen LogP contribution in [0.15, 0.2) is 35.2 Å². The monoisotopic (exact) mass is 207 g/mol. The smallest absolute Gasteiger partial charge is 0.0496 e. The van der Waals surface area contributed by atoms with E-state index < -0.39 is 10.0 Å². The summed E-state index contributed by atoms with van der Waals surface area (Å²) in [6.45, 7) is 0. The summed E-state index contributed by atoms with van der Waals surface area (Å²) in [5, 5.41) is 0.0925. The summed E-state index contributed by atoms with van der Waals surface area (Å²) in [6.07, 6.45) is 10.4. The third-order valence-corrected chi connectivity index (χ3v) is 5.59. The predicted octanol–water partition coefficient (Wildman–Crippen LogP) is 2.42. The van der Waals surface area contributed by atoms with Crippen molar-refractivity contribution in [3.8, 4) is 12.3 Å². The molecule has 0 aliphatic rings.